The summed E-state index contributed by atoms with van der Waals surface area (Å²) in [6.07, 6.45) is 3.74. The fourth-order valence-corrected chi connectivity index (χ4v) is 3.36. The zero-order chi connectivity index (χ0) is 18.2. The van der Waals surface area contributed by atoms with E-state index in [-0.39, 0.29) is 12.0 Å². The number of benzene rings is 1. The summed E-state index contributed by atoms with van der Waals surface area (Å²) in [6.45, 7) is 2.01. The van der Waals surface area contributed by atoms with Crippen LogP contribution in [0.4, 0.5) is 5.82 Å². The maximum atomic E-state index is 11.9. The molecule has 8 heteroatoms. The number of nitrogens with one attached hydrogen (secondary N) is 2. The van der Waals surface area contributed by atoms with Gasteiger partial charge >= 0.3 is 0 Å². The summed E-state index contributed by atoms with van der Waals surface area (Å²) >= 11 is 7.27. The molecule has 1 aliphatic rings. The van der Waals surface area contributed by atoms with Crippen LogP contribution < -0.4 is 10.6 Å². The van der Waals surface area contributed by atoms with Crippen molar-refractivity contribution in [3.63, 3.8) is 0 Å². The van der Waals surface area contributed by atoms with Crippen LogP contribution in [0.2, 0.25) is 5.02 Å². The monoisotopic (exact) mass is 392 g/mol. The quantitative estimate of drug-likeness (QED) is 0.531. The molecule has 0 radical (unpaired) electrons. The van der Waals surface area contributed by atoms with Crippen molar-refractivity contribution in [2.75, 3.05) is 24.2 Å². The number of amides is 1. The minimum absolute atomic E-state index is 0.0141. The van der Waals surface area contributed by atoms with Crippen molar-refractivity contribution < 1.29 is 9.53 Å². The van der Waals surface area contributed by atoms with E-state index in [1.54, 1.807) is 0 Å². The average Bonchev–Trinajstić information content (AvgIpc) is 3.18. The van der Waals surface area contributed by atoms with Gasteiger partial charge in [-0.2, -0.15) is 0 Å². The predicted octanol–water partition coefficient (Wildman–Crippen LogP) is 3.13. The van der Waals surface area contributed by atoms with E-state index in [1.165, 1.54) is 18.1 Å². The minimum atomic E-state index is -0.0141. The number of ether oxygens (including phenoxy) is 1. The Kier molecular flexibility index (Phi) is 7.11. The van der Waals surface area contributed by atoms with Crippen LogP contribution in [-0.2, 0) is 16.1 Å². The number of carbonyl (C=O) groups excluding carboxylic acids is 1. The Morgan fingerprint density at radius 1 is 1.31 bits per heavy atom. The van der Waals surface area contributed by atoms with Gasteiger partial charge in [-0.1, -0.05) is 35.5 Å². The molecule has 0 unspecified atom stereocenters. The van der Waals surface area contributed by atoms with Gasteiger partial charge in [-0.25, -0.2) is 9.97 Å². The van der Waals surface area contributed by atoms with E-state index in [4.69, 9.17) is 16.3 Å². The van der Waals surface area contributed by atoms with Gasteiger partial charge in [0.2, 0.25) is 5.91 Å². The third-order valence-corrected chi connectivity index (χ3v) is 5.11. The number of hydrogen-bond donors (Lipinski definition) is 2. The van der Waals surface area contributed by atoms with E-state index in [1.807, 2.05) is 30.3 Å². The van der Waals surface area contributed by atoms with Gasteiger partial charge in [0.1, 0.15) is 17.2 Å². The largest absolute Gasteiger partial charge is 0.376 e. The summed E-state index contributed by atoms with van der Waals surface area (Å²) in [5.74, 6) is 1.03. The predicted molar refractivity (Wildman–Crippen MR) is 104 cm³/mol. The molecule has 0 aliphatic carbocycles. The number of thioether (sulfide) groups is 1. The lowest BCUT2D eigenvalue weighted by Gasteiger charge is -2.10. The Hall–Kier alpha value is -1.83. The Labute approximate surface area is 162 Å². The molecular weight excluding hydrogens is 372 g/mol. The highest BCUT2D eigenvalue weighted by Gasteiger charge is 2.16. The van der Waals surface area contributed by atoms with E-state index in [0.29, 0.717) is 23.9 Å². The first-order valence-corrected chi connectivity index (χ1v) is 9.87. The van der Waals surface area contributed by atoms with Crippen LogP contribution in [0.5, 0.6) is 0 Å². The average molecular weight is 393 g/mol. The highest BCUT2D eigenvalue weighted by atomic mass is 35.5. The lowest BCUT2D eigenvalue weighted by atomic mass is 10.2. The molecule has 26 heavy (non-hydrogen) atoms. The molecule has 3 rings (SSSR count). The number of halogens is 1. The molecule has 0 spiro atoms. The van der Waals surface area contributed by atoms with Gasteiger partial charge in [0.25, 0.3) is 0 Å². The summed E-state index contributed by atoms with van der Waals surface area (Å²) in [7, 11) is 0. The van der Waals surface area contributed by atoms with Crippen molar-refractivity contribution in [2.24, 2.45) is 0 Å². The number of rotatable bonds is 8. The summed E-state index contributed by atoms with van der Waals surface area (Å²) in [6, 6.07) is 9.48. The molecule has 1 atom stereocenters. The van der Waals surface area contributed by atoms with Crippen LogP contribution >= 0.6 is 23.4 Å². The molecule has 6 nitrogen and oxygen atoms in total. The maximum absolute atomic E-state index is 11.9. The molecule has 2 N–H and O–H groups in total. The number of anilines is 1. The number of nitrogens with zero attached hydrogens (tertiary/aromatic N) is 2. The Bertz CT molecular complexity index is 723. The summed E-state index contributed by atoms with van der Waals surface area (Å²) in [4.78, 5) is 20.4. The van der Waals surface area contributed by atoms with E-state index in [2.05, 4.69) is 20.6 Å². The first-order chi connectivity index (χ1) is 12.7. The van der Waals surface area contributed by atoms with Gasteiger partial charge in [0, 0.05) is 30.8 Å². The van der Waals surface area contributed by atoms with Crippen molar-refractivity contribution in [3.05, 3.63) is 47.2 Å². The molecule has 1 fully saturated rings. The zero-order valence-electron chi connectivity index (χ0n) is 14.3. The maximum Gasteiger partial charge on any atom is 0.230 e. The lowest BCUT2D eigenvalue weighted by Crippen LogP contribution is -2.32. The SMILES string of the molecule is O=C(CSc1cc(NCc2ccc(Cl)cc2)ncn1)NC[C@H]1CCCO1. The Morgan fingerprint density at radius 2 is 2.15 bits per heavy atom. The van der Waals surface area contributed by atoms with Crippen molar-refractivity contribution in [1.29, 1.82) is 0 Å². The standard InChI is InChI=1S/C18H21ClN4O2S/c19-14-5-3-13(4-6-14)9-20-16-8-18(23-12-22-16)26-11-17(24)21-10-15-2-1-7-25-15/h3-6,8,12,15H,1-2,7,9-11H2,(H,21,24)(H,20,22,23)/t15-/m1/s1. The molecule has 0 saturated carbocycles. The molecule has 0 bridgehead atoms. The highest BCUT2D eigenvalue weighted by Crippen LogP contribution is 2.18. The second-order valence-electron chi connectivity index (χ2n) is 5.95. The van der Waals surface area contributed by atoms with E-state index in [9.17, 15) is 4.79 Å². The summed E-state index contributed by atoms with van der Waals surface area (Å²) in [5.41, 5.74) is 1.11. The second-order valence-corrected chi connectivity index (χ2v) is 7.38. The van der Waals surface area contributed by atoms with Gasteiger partial charge in [-0.15, -0.1) is 0 Å². The molecular formula is C18H21ClN4O2S. The Morgan fingerprint density at radius 3 is 2.92 bits per heavy atom. The fraction of sp³-hybridized carbons (Fsp3) is 0.389. The summed E-state index contributed by atoms with van der Waals surface area (Å²) in [5, 5.41) is 7.62. The van der Waals surface area contributed by atoms with Gasteiger partial charge in [0.05, 0.1) is 11.9 Å². The normalized spacial score (nSPS) is 16.4. The molecule has 2 heterocycles. The highest BCUT2D eigenvalue weighted by molar-refractivity contribution is 7.99. The summed E-state index contributed by atoms with van der Waals surface area (Å²) < 4.78 is 5.49. The van der Waals surface area contributed by atoms with Crippen LogP contribution in [0.1, 0.15) is 18.4 Å². The van der Waals surface area contributed by atoms with E-state index >= 15 is 0 Å². The van der Waals surface area contributed by atoms with Crippen molar-refractivity contribution >= 4 is 35.1 Å². The first kappa shape index (κ1) is 18.9. The van der Waals surface area contributed by atoms with Crippen LogP contribution in [0, 0.1) is 0 Å². The zero-order valence-corrected chi connectivity index (χ0v) is 15.9. The number of carbonyl (C=O) groups is 1. The molecule has 1 amide bonds. The molecule has 138 valence electrons. The first-order valence-electron chi connectivity index (χ1n) is 8.50. The third-order valence-electron chi connectivity index (χ3n) is 3.93. The topological polar surface area (TPSA) is 76.1 Å². The third kappa shape index (κ3) is 6.16. The molecule has 1 saturated heterocycles. The van der Waals surface area contributed by atoms with Gasteiger partial charge in [-0.05, 0) is 30.5 Å². The van der Waals surface area contributed by atoms with Gasteiger partial charge in [0.15, 0.2) is 0 Å². The number of hydrogen-bond acceptors (Lipinski definition) is 6. The van der Waals surface area contributed by atoms with Gasteiger partial charge < -0.3 is 15.4 Å². The van der Waals surface area contributed by atoms with Crippen LogP contribution in [0.15, 0.2) is 41.7 Å². The van der Waals surface area contributed by atoms with E-state index < -0.39 is 0 Å². The molecule has 1 aromatic heterocycles. The van der Waals surface area contributed by atoms with E-state index in [0.717, 1.165) is 35.9 Å². The van der Waals surface area contributed by atoms with Crippen LogP contribution in [-0.4, -0.2) is 40.9 Å². The minimum Gasteiger partial charge on any atom is -0.376 e. The Balaban J connectivity index is 1.42. The molecule has 1 aromatic carbocycles. The number of aromatic nitrogens is 2. The van der Waals surface area contributed by atoms with Crippen LogP contribution in [0.3, 0.4) is 0 Å². The van der Waals surface area contributed by atoms with Crippen molar-refractivity contribution in [3.8, 4) is 0 Å². The van der Waals surface area contributed by atoms with Gasteiger partial charge in [-0.3, -0.25) is 4.79 Å². The van der Waals surface area contributed by atoms with Crippen LogP contribution in [0.25, 0.3) is 0 Å². The van der Waals surface area contributed by atoms with Crippen molar-refractivity contribution in [1.82, 2.24) is 15.3 Å². The molecule has 1 aliphatic heterocycles. The fourth-order valence-electron chi connectivity index (χ4n) is 2.53. The smallest absolute Gasteiger partial charge is 0.230 e. The van der Waals surface area contributed by atoms with Crippen molar-refractivity contribution in [2.45, 2.75) is 30.5 Å². The lowest BCUT2D eigenvalue weighted by molar-refractivity contribution is -0.119. The molecule has 2 aromatic rings. The second kappa shape index (κ2) is 9.75.